The third-order valence-corrected chi connectivity index (χ3v) is 5.45. The number of nitrogens with one attached hydrogen (secondary N) is 1. The fraction of sp³-hybridized carbons (Fsp3) is 0.733. The lowest BCUT2D eigenvalue weighted by molar-refractivity contribution is -0.162. The van der Waals surface area contributed by atoms with Crippen molar-refractivity contribution in [2.75, 3.05) is 26.8 Å². The number of carbonyl (C=O) groups is 1. The molecule has 1 spiro atoms. The first-order chi connectivity index (χ1) is 10.5. The highest BCUT2D eigenvalue weighted by atomic mass is 79.9. The number of halogens is 1. The molecule has 122 valence electrons. The number of nitrogens with zero attached hydrogens (tertiary/aromatic N) is 2. The maximum absolute atomic E-state index is 11.5. The normalized spacial score (nSPS) is 22.3. The quantitative estimate of drug-likeness (QED) is 0.816. The molecule has 0 amide bonds. The first-order valence-corrected chi connectivity index (χ1v) is 8.39. The largest absolute Gasteiger partial charge is 0.467 e. The van der Waals surface area contributed by atoms with Gasteiger partial charge in [0.15, 0.2) is 0 Å². The van der Waals surface area contributed by atoms with Crippen LogP contribution in [0.5, 0.6) is 0 Å². The number of esters is 1. The van der Waals surface area contributed by atoms with Crippen molar-refractivity contribution >= 4 is 21.9 Å². The molecule has 1 N–H and O–H groups in total. The number of aromatic nitrogens is 2. The molecule has 2 heterocycles. The molecule has 22 heavy (non-hydrogen) atoms. The second-order valence-electron chi connectivity index (χ2n) is 6.46. The van der Waals surface area contributed by atoms with E-state index < -0.39 is 5.60 Å². The van der Waals surface area contributed by atoms with Crippen LogP contribution in [0.15, 0.2) is 10.8 Å². The maximum Gasteiger partial charge on any atom is 0.331 e. The molecule has 2 fully saturated rings. The zero-order chi connectivity index (χ0) is 15.8. The van der Waals surface area contributed by atoms with Crippen LogP contribution in [0.3, 0.4) is 0 Å². The van der Waals surface area contributed by atoms with E-state index in [1.54, 1.807) is 0 Å². The minimum Gasteiger partial charge on any atom is -0.467 e. The van der Waals surface area contributed by atoms with Gasteiger partial charge in [0.2, 0.25) is 0 Å². The van der Waals surface area contributed by atoms with Crippen molar-refractivity contribution in [2.45, 2.75) is 31.3 Å². The van der Waals surface area contributed by atoms with E-state index in [0.717, 1.165) is 49.2 Å². The molecule has 0 bridgehead atoms. The van der Waals surface area contributed by atoms with E-state index in [2.05, 4.69) is 26.2 Å². The zero-order valence-electron chi connectivity index (χ0n) is 13.0. The predicted molar refractivity (Wildman–Crippen MR) is 84.3 cm³/mol. The molecule has 1 aliphatic heterocycles. The number of hydrogen-bond acceptors (Lipinski definition) is 5. The molecule has 1 aromatic rings. The van der Waals surface area contributed by atoms with Crippen LogP contribution in [0.2, 0.25) is 0 Å². The van der Waals surface area contributed by atoms with Crippen LogP contribution in [0.1, 0.15) is 31.5 Å². The summed E-state index contributed by atoms with van der Waals surface area (Å²) in [6, 6.07) is 0. The summed E-state index contributed by atoms with van der Waals surface area (Å²) < 4.78 is 13.6. The van der Waals surface area contributed by atoms with Crippen molar-refractivity contribution in [1.29, 1.82) is 0 Å². The highest BCUT2D eigenvalue weighted by molar-refractivity contribution is 9.10. The second-order valence-corrected chi connectivity index (χ2v) is 7.27. The Labute approximate surface area is 138 Å². The molecule has 1 saturated carbocycles. The van der Waals surface area contributed by atoms with E-state index in [1.165, 1.54) is 7.11 Å². The third-order valence-electron chi connectivity index (χ3n) is 5.07. The van der Waals surface area contributed by atoms with Crippen molar-refractivity contribution in [3.63, 3.8) is 0 Å². The smallest absolute Gasteiger partial charge is 0.331 e. The molecule has 7 heteroatoms. The van der Waals surface area contributed by atoms with Crippen molar-refractivity contribution in [3.05, 3.63) is 16.6 Å². The molecule has 0 radical (unpaired) electrons. The lowest BCUT2D eigenvalue weighted by Gasteiger charge is -2.50. The Bertz CT molecular complexity index is 558. The molecule has 0 aromatic carbocycles. The Kier molecular flexibility index (Phi) is 4.31. The van der Waals surface area contributed by atoms with Gasteiger partial charge in [-0.2, -0.15) is 0 Å². The summed E-state index contributed by atoms with van der Waals surface area (Å²) in [4.78, 5) is 16.1. The molecule has 2 aliphatic rings. The van der Waals surface area contributed by atoms with E-state index >= 15 is 0 Å². The van der Waals surface area contributed by atoms with Gasteiger partial charge in [0, 0.05) is 26.3 Å². The van der Waals surface area contributed by atoms with Crippen LogP contribution in [0.4, 0.5) is 0 Å². The number of hydrogen-bond donors (Lipinski definition) is 1. The van der Waals surface area contributed by atoms with Crippen LogP contribution in [-0.4, -0.2) is 42.3 Å². The van der Waals surface area contributed by atoms with Crippen LogP contribution in [0.25, 0.3) is 0 Å². The fourth-order valence-corrected chi connectivity index (χ4v) is 4.03. The van der Waals surface area contributed by atoms with E-state index in [4.69, 9.17) is 9.47 Å². The monoisotopic (exact) mass is 371 g/mol. The summed E-state index contributed by atoms with van der Waals surface area (Å²) in [5, 5.41) is 3.37. The Morgan fingerprint density at radius 3 is 2.55 bits per heavy atom. The highest BCUT2D eigenvalue weighted by Crippen LogP contribution is 2.49. The van der Waals surface area contributed by atoms with Gasteiger partial charge in [-0.15, -0.1) is 0 Å². The van der Waals surface area contributed by atoms with Crippen LogP contribution < -0.4 is 5.32 Å². The number of aryl methyl sites for hydroxylation is 1. The van der Waals surface area contributed by atoms with Crippen LogP contribution >= 0.6 is 15.9 Å². The van der Waals surface area contributed by atoms with Crippen molar-refractivity contribution in [3.8, 4) is 0 Å². The number of methoxy groups -OCH3 is 1. The molecule has 0 unspecified atom stereocenters. The van der Waals surface area contributed by atoms with E-state index in [9.17, 15) is 4.79 Å². The Morgan fingerprint density at radius 2 is 2.09 bits per heavy atom. The average Bonchev–Trinajstić information content (AvgIpc) is 2.83. The van der Waals surface area contributed by atoms with Crippen LogP contribution in [0, 0.1) is 5.41 Å². The lowest BCUT2D eigenvalue weighted by Crippen LogP contribution is -2.57. The minimum absolute atomic E-state index is 0.0355. The fourth-order valence-electron chi connectivity index (χ4n) is 3.56. The second kappa shape index (κ2) is 5.94. The van der Waals surface area contributed by atoms with Crippen molar-refractivity contribution in [2.24, 2.45) is 12.5 Å². The Balaban J connectivity index is 1.82. The predicted octanol–water partition coefficient (Wildman–Crippen LogP) is 1.73. The minimum atomic E-state index is -0.504. The Hall–Kier alpha value is -0.920. The summed E-state index contributed by atoms with van der Waals surface area (Å²) in [5.41, 5.74) is -0.0870. The standard InChI is InChI=1S/C15H22BrN3O3/c1-19-7-11(16)18-13(19)15(22-8-12(20)21-2)5-3-14(4-6-15)9-17-10-14/h7,17H,3-6,8-10H2,1-2H3. The van der Waals surface area contributed by atoms with Gasteiger partial charge in [0.25, 0.3) is 0 Å². The number of ether oxygens (including phenoxy) is 2. The van der Waals surface area contributed by atoms with Crippen LogP contribution in [-0.2, 0) is 26.9 Å². The zero-order valence-corrected chi connectivity index (χ0v) is 14.6. The number of carbonyl (C=O) groups excluding carboxylic acids is 1. The van der Waals surface area contributed by atoms with Gasteiger partial charge in [-0.05, 0) is 47.0 Å². The molecule has 1 aromatic heterocycles. The lowest BCUT2D eigenvalue weighted by atomic mass is 9.65. The van der Waals surface area contributed by atoms with Crippen molar-refractivity contribution in [1.82, 2.24) is 14.9 Å². The van der Waals surface area contributed by atoms with E-state index in [1.807, 2.05) is 17.8 Å². The molecule has 6 nitrogen and oxygen atoms in total. The van der Waals surface area contributed by atoms with Gasteiger partial charge in [-0.1, -0.05) is 0 Å². The summed E-state index contributed by atoms with van der Waals surface area (Å²) >= 11 is 3.43. The average molecular weight is 372 g/mol. The molecule has 1 saturated heterocycles. The maximum atomic E-state index is 11.5. The van der Waals surface area contributed by atoms with Gasteiger partial charge < -0.3 is 19.4 Å². The first-order valence-electron chi connectivity index (χ1n) is 7.60. The SMILES string of the molecule is COC(=O)COC1(c2nc(Br)cn2C)CCC2(CC1)CNC2. The number of rotatable bonds is 4. The molecule has 3 rings (SSSR count). The summed E-state index contributed by atoms with van der Waals surface area (Å²) in [6.45, 7) is 2.14. The van der Waals surface area contributed by atoms with E-state index in [-0.39, 0.29) is 12.6 Å². The van der Waals surface area contributed by atoms with Gasteiger partial charge in [-0.3, -0.25) is 0 Å². The molecular weight excluding hydrogens is 350 g/mol. The third kappa shape index (κ3) is 2.81. The summed E-state index contributed by atoms with van der Waals surface area (Å²) in [6.07, 6.45) is 5.86. The summed E-state index contributed by atoms with van der Waals surface area (Å²) in [7, 11) is 3.34. The highest BCUT2D eigenvalue weighted by Gasteiger charge is 2.49. The van der Waals surface area contributed by atoms with Gasteiger partial charge in [0.1, 0.15) is 22.6 Å². The van der Waals surface area contributed by atoms with Gasteiger partial charge in [0.05, 0.1) is 7.11 Å². The Morgan fingerprint density at radius 1 is 1.41 bits per heavy atom. The number of imidazole rings is 1. The van der Waals surface area contributed by atoms with Gasteiger partial charge >= 0.3 is 5.97 Å². The topological polar surface area (TPSA) is 65.4 Å². The molecule has 1 aliphatic carbocycles. The van der Waals surface area contributed by atoms with E-state index in [0.29, 0.717) is 5.41 Å². The first kappa shape index (κ1) is 16.0. The summed E-state index contributed by atoms with van der Waals surface area (Å²) in [5.74, 6) is 0.531. The molecule has 0 atom stereocenters. The molecular formula is C15H22BrN3O3. The van der Waals surface area contributed by atoms with Crippen molar-refractivity contribution < 1.29 is 14.3 Å². The van der Waals surface area contributed by atoms with Gasteiger partial charge in [-0.25, -0.2) is 9.78 Å².